The van der Waals surface area contributed by atoms with Crippen LogP contribution < -0.4 is 10.2 Å². The Morgan fingerprint density at radius 2 is 2.14 bits per heavy atom. The number of carboxylic acids is 1. The Kier molecular flexibility index (Phi) is 4.18. The predicted molar refractivity (Wildman–Crippen MR) is 75.3 cm³/mol. The molecule has 0 bridgehead atoms. The van der Waals surface area contributed by atoms with Crippen molar-refractivity contribution < 1.29 is 19.1 Å². The highest BCUT2D eigenvalue weighted by atomic mass is 32.1. The third-order valence-corrected chi connectivity index (χ3v) is 3.67. The number of nitrogens with one attached hydrogen (secondary N) is 1. The molecule has 0 aliphatic heterocycles. The van der Waals surface area contributed by atoms with Crippen LogP contribution in [-0.2, 0) is 11.3 Å². The number of aromatic nitrogens is 1. The van der Waals surface area contributed by atoms with Crippen molar-refractivity contribution in [3.8, 4) is 0 Å². The fourth-order valence-corrected chi connectivity index (χ4v) is 2.48. The molecule has 1 heterocycles. The lowest BCUT2D eigenvalue weighted by atomic mass is 10.1. The molecule has 0 unspecified atom stereocenters. The molecule has 2 rings (SSSR count). The summed E-state index contributed by atoms with van der Waals surface area (Å²) in [7, 11) is 0. The zero-order chi connectivity index (χ0) is 15.6. The van der Waals surface area contributed by atoms with Crippen LogP contribution in [0.3, 0.4) is 0 Å². The molecule has 0 spiro atoms. The number of para-hydroxylation sites is 1. The van der Waals surface area contributed by atoms with Gasteiger partial charge in [0.15, 0.2) is 0 Å². The summed E-state index contributed by atoms with van der Waals surface area (Å²) in [5, 5.41) is 12.8. The van der Waals surface area contributed by atoms with Crippen LogP contribution in [-0.4, -0.2) is 21.6 Å². The van der Waals surface area contributed by atoms with Crippen molar-refractivity contribution in [2.45, 2.75) is 13.5 Å². The maximum Gasteiger partial charge on any atom is 0.337 e. The standard InChI is InChI=1S/C13H11FN2O4S/c1-7-6-21-13(20)16(7)5-10(17)15-11-8(12(18)19)3-2-4-9(11)14/h2-4,6H,5H2,1H3,(H,15,17)(H,18,19). The Bertz CT molecular complexity index is 766. The van der Waals surface area contributed by atoms with E-state index in [4.69, 9.17) is 5.11 Å². The van der Waals surface area contributed by atoms with Gasteiger partial charge in [-0.05, 0) is 19.1 Å². The highest BCUT2D eigenvalue weighted by molar-refractivity contribution is 7.07. The Hall–Kier alpha value is -2.48. The van der Waals surface area contributed by atoms with E-state index in [0.717, 1.165) is 17.4 Å². The third-order valence-electron chi connectivity index (χ3n) is 2.79. The molecule has 0 radical (unpaired) electrons. The number of anilines is 1. The van der Waals surface area contributed by atoms with Crippen molar-refractivity contribution in [3.05, 3.63) is 50.3 Å². The van der Waals surface area contributed by atoms with Crippen LogP contribution in [0.15, 0.2) is 28.4 Å². The van der Waals surface area contributed by atoms with Crippen LogP contribution in [0.5, 0.6) is 0 Å². The summed E-state index contributed by atoms with van der Waals surface area (Å²) >= 11 is 0.950. The first kappa shape index (κ1) is 14.9. The Balaban J connectivity index is 2.25. The molecule has 0 saturated heterocycles. The number of hydrogen-bond acceptors (Lipinski definition) is 4. The van der Waals surface area contributed by atoms with Gasteiger partial charge in [0.25, 0.3) is 0 Å². The molecule has 0 atom stereocenters. The van der Waals surface area contributed by atoms with E-state index in [0.29, 0.717) is 5.69 Å². The summed E-state index contributed by atoms with van der Waals surface area (Å²) in [6.07, 6.45) is 0. The average molecular weight is 310 g/mol. The number of halogens is 1. The van der Waals surface area contributed by atoms with Gasteiger partial charge in [0.2, 0.25) is 5.91 Å². The summed E-state index contributed by atoms with van der Waals surface area (Å²) in [5.41, 5.74) is -0.152. The van der Waals surface area contributed by atoms with Gasteiger partial charge < -0.3 is 10.4 Å². The number of carbonyl (C=O) groups excluding carboxylic acids is 1. The van der Waals surface area contributed by atoms with E-state index in [-0.39, 0.29) is 17.0 Å². The van der Waals surface area contributed by atoms with Crippen LogP contribution >= 0.6 is 11.3 Å². The van der Waals surface area contributed by atoms with Gasteiger partial charge in [0, 0.05) is 11.1 Å². The molecule has 110 valence electrons. The first-order chi connectivity index (χ1) is 9.90. The second kappa shape index (κ2) is 5.88. The van der Waals surface area contributed by atoms with Crippen molar-refractivity contribution in [3.63, 3.8) is 0 Å². The van der Waals surface area contributed by atoms with E-state index in [1.54, 1.807) is 12.3 Å². The molecule has 1 amide bonds. The van der Waals surface area contributed by atoms with Crippen LogP contribution in [0.4, 0.5) is 10.1 Å². The lowest BCUT2D eigenvalue weighted by Gasteiger charge is -2.10. The summed E-state index contributed by atoms with van der Waals surface area (Å²) in [6.45, 7) is 1.36. The molecule has 0 saturated carbocycles. The smallest absolute Gasteiger partial charge is 0.337 e. The monoisotopic (exact) mass is 310 g/mol. The van der Waals surface area contributed by atoms with Crippen molar-refractivity contribution in [2.75, 3.05) is 5.32 Å². The Morgan fingerprint density at radius 1 is 1.43 bits per heavy atom. The van der Waals surface area contributed by atoms with Gasteiger partial charge in [-0.15, -0.1) is 0 Å². The first-order valence-electron chi connectivity index (χ1n) is 5.86. The van der Waals surface area contributed by atoms with E-state index < -0.39 is 23.4 Å². The highest BCUT2D eigenvalue weighted by Crippen LogP contribution is 2.20. The maximum absolute atomic E-state index is 13.7. The number of aromatic carboxylic acids is 1. The zero-order valence-electron chi connectivity index (χ0n) is 10.9. The lowest BCUT2D eigenvalue weighted by Crippen LogP contribution is -2.26. The number of carbonyl (C=O) groups is 2. The normalized spacial score (nSPS) is 10.4. The SMILES string of the molecule is Cc1csc(=O)n1CC(=O)Nc1c(F)cccc1C(=O)O. The van der Waals surface area contributed by atoms with Gasteiger partial charge in [-0.1, -0.05) is 17.4 Å². The van der Waals surface area contributed by atoms with Gasteiger partial charge >= 0.3 is 10.8 Å². The van der Waals surface area contributed by atoms with Gasteiger partial charge in [0.05, 0.1) is 11.3 Å². The average Bonchev–Trinajstić information content (AvgIpc) is 2.72. The molecular weight excluding hydrogens is 299 g/mol. The second-order valence-corrected chi connectivity index (χ2v) is 5.07. The summed E-state index contributed by atoms with van der Waals surface area (Å²) in [4.78, 5) is 34.1. The molecule has 0 fully saturated rings. The number of aryl methyl sites for hydroxylation is 1. The van der Waals surface area contributed by atoms with E-state index >= 15 is 0 Å². The largest absolute Gasteiger partial charge is 0.478 e. The number of nitrogens with zero attached hydrogens (tertiary/aromatic N) is 1. The van der Waals surface area contributed by atoms with Crippen molar-refractivity contribution in [2.24, 2.45) is 0 Å². The summed E-state index contributed by atoms with van der Waals surface area (Å²) in [5.74, 6) is -2.88. The van der Waals surface area contributed by atoms with Gasteiger partial charge in [-0.3, -0.25) is 14.2 Å². The number of amides is 1. The van der Waals surface area contributed by atoms with Crippen LogP contribution in [0, 0.1) is 12.7 Å². The minimum absolute atomic E-state index is 0.304. The molecule has 6 nitrogen and oxygen atoms in total. The van der Waals surface area contributed by atoms with Crippen LogP contribution in [0.25, 0.3) is 0 Å². The van der Waals surface area contributed by atoms with Gasteiger partial charge in [0.1, 0.15) is 12.4 Å². The first-order valence-corrected chi connectivity index (χ1v) is 6.74. The van der Waals surface area contributed by atoms with Crippen LogP contribution in [0.2, 0.25) is 0 Å². The number of rotatable bonds is 4. The third kappa shape index (κ3) is 3.16. The molecule has 0 aliphatic carbocycles. The fraction of sp³-hybridized carbons (Fsp3) is 0.154. The predicted octanol–water partition coefficient (Wildman–Crippen LogP) is 1.69. The number of benzene rings is 1. The lowest BCUT2D eigenvalue weighted by molar-refractivity contribution is -0.116. The molecule has 8 heteroatoms. The number of carboxylic acid groups (broad SMARTS) is 1. The Labute approximate surface area is 122 Å². The molecule has 2 aromatic rings. The van der Waals surface area contributed by atoms with E-state index in [9.17, 15) is 18.8 Å². The summed E-state index contributed by atoms with van der Waals surface area (Å²) < 4.78 is 14.9. The van der Waals surface area contributed by atoms with Crippen molar-refractivity contribution in [1.29, 1.82) is 0 Å². The van der Waals surface area contributed by atoms with Crippen LogP contribution in [0.1, 0.15) is 16.1 Å². The van der Waals surface area contributed by atoms with E-state index in [1.807, 2.05) is 0 Å². The van der Waals surface area contributed by atoms with Gasteiger partial charge in [-0.2, -0.15) is 0 Å². The maximum atomic E-state index is 13.7. The molecule has 0 aliphatic rings. The fourth-order valence-electron chi connectivity index (χ4n) is 1.75. The minimum atomic E-state index is -1.35. The Morgan fingerprint density at radius 3 is 2.71 bits per heavy atom. The van der Waals surface area contributed by atoms with Gasteiger partial charge in [-0.25, -0.2) is 9.18 Å². The van der Waals surface area contributed by atoms with Crippen molar-refractivity contribution >= 4 is 28.9 Å². The van der Waals surface area contributed by atoms with E-state index in [1.165, 1.54) is 16.7 Å². The minimum Gasteiger partial charge on any atom is -0.478 e. The quantitative estimate of drug-likeness (QED) is 0.899. The molecular formula is C13H11FN2O4S. The summed E-state index contributed by atoms with van der Waals surface area (Å²) in [6, 6.07) is 3.47. The number of thiazole rings is 1. The highest BCUT2D eigenvalue weighted by Gasteiger charge is 2.17. The number of hydrogen-bond donors (Lipinski definition) is 2. The molecule has 1 aromatic carbocycles. The van der Waals surface area contributed by atoms with E-state index in [2.05, 4.69) is 5.32 Å². The molecule has 21 heavy (non-hydrogen) atoms. The molecule has 2 N–H and O–H groups in total. The second-order valence-electron chi connectivity index (χ2n) is 4.24. The zero-order valence-corrected chi connectivity index (χ0v) is 11.7. The van der Waals surface area contributed by atoms with Crippen molar-refractivity contribution in [1.82, 2.24) is 4.57 Å². The molecule has 1 aromatic heterocycles. The topological polar surface area (TPSA) is 88.4 Å².